The Balaban J connectivity index is 1.48. The number of pyridine rings is 2. The van der Waals surface area contributed by atoms with Crippen LogP contribution < -0.4 is 0 Å². The van der Waals surface area contributed by atoms with Crippen LogP contribution in [0.4, 0.5) is 0 Å². The Morgan fingerprint density at radius 1 is 0.933 bits per heavy atom. The molecule has 0 fully saturated rings. The normalized spacial score (nSPS) is 10.7. The molecule has 0 bridgehead atoms. The summed E-state index contributed by atoms with van der Waals surface area (Å²) < 4.78 is 4.87. The molecule has 0 N–H and O–H groups in total. The Bertz CT molecular complexity index is 968. The summed E-state index contributed by atoms with van der Waals surface area (Å²) in [5, 5.41) is 0. The van der Waals surface area contributed by atoms with Gasteiger partial charge in [-0.1, -0.05) is 12.1 Å². The van der Waals surface area contributed by atoms with Gasteiger partial charge < -0.3 is 4.74 Å². The summed E-state index contributed by atoms with van der Waals surface area (Å²) in [6.45, 7) is 2.15. The first-order valence-electron chi connectivity index (χ1n) is 9.59. The van der Waals surface area contributed by atoms with E-state index in [1.54, 1.807) is 23.5 Å². The lowest BCUT2D eigenvalue weighted by Gasteiger charge is -2.10. The smallest absolute Gasteiger partial charge is 0.338 e. The number of esters is 1. The molecule has 4 nitrogen and oxygen atoms in total. The first-order chi connectivity index (χ1) is 14.7. The van der Waals surface area contributed by atoms with Gasteiger partial charge in [0.25, 0.3) is 0 Å². The maximum Gasteiger partial charge on any atom is 0.338 e. The molecule has 7 heteroatoms. The zero-order valence-corrected chi connectivity index (χ0v) is 19.5. The molecule has 0 spiro atoms. The van der Waals surface area contributed by atoms with E-state index in [-0.39, 0.29) is 5.97 Å². The van der Waals surface area contributed by atoms with Crippen molar-refractivity contribution in [2.24, 2.45) is 0 Å². The first kappa shape index (κ1) is 22.7. The number of hydrogen-bond acceptors (Lipinski definition) is 7. The second-order valence-electron chi connectivity index (χ2n) is 6.39. The molecule has 156 valence electrons. The summed E-state index contributed by atoms with van der Waals surface area (Å²) in [5.74, 6) is 2.55. The SMILES string of the molecule is COC(=O)c1ccccc1SCCCSc1ccnc(CSc2ccncc2)c1C. The molecule has 0 unspecified atom stereocenters. The molecule has 2 heterocycles. The molecule has 0 amide bonds. The van der Waals surface area contributed by atoms with Gasteiger partial charge in [-0.15, -0.1) is 35.3 Å². The fraction of sp³-hybridized carbons (Fsp3) is 0.261. The van der Waals surface area contributed by atoms with Gasteiger partial charge in [0.1, 0.15) is 0 Å². The Morgan fingerprint density at radius 2 is 1.67 bits per heavy atom. The lowest BCUT2D eigenvalue weighted by atomic mass is 10.2. The highest BCUT2D eigenvalue weighted by Gasteiger charge is 2.11. The molecule has 2 aromatic heterocycles. The molecule has 0 atom stereocenters. The number of ether oxygens (including phenoxy) is 1. The van der Waals surface area contributed by atoms with Gasteiger partial charge >= 0.3 is 5.97 Å². The van der Waals surface area contributed by atoms with Gasteiger partial charge in [0, 0.05) is 39.0 Å². The molecule has 0 saturated heterocycles. The highest BCUT2D eigenvalue weighted by atomic mass is 32.2. The van der Waals surface area contributed by atoms with Gasteiger partial charge in [-0.2, -0.15) is 0 Å². The first-order valence-corrected chi connectivity index (χ1v) is 12.5. The summed E-state index contributed by atoms with van der Waals surface area (Å²) in [6, 6.07) is 13.8. The Kier molecular flexibility index (Phi) is 9.11. The highest BCUT2D eigenvalue weighted by Crippen LogP contribution is 2.30. The average Bonchev–Trinajstić information content (AvgIpc) is 2.79. The maximum absolute atomic E-state index is 11.9. The fourth-order valence-electron chi connectivity index (χ4n) is 2.74. The third kappa shape index (κ3) is 6.52. The molecule has 0 aliphatic carbocycles. The predicted octanol–water partition coefficient (Wildman–Crippen LogP) is 6.14. The average molecular weight is 457 g/mol. The van der Waals surface area contributed by atoms with Crippen LogP contribution in [0.25, 0.3) is 0 Å². The Labute approximate surface area is 190 Å². The van der Waals surface area contributed by atoms with Crippen molar-refractivity contribution in [1.82, 2.24) is 9.97 Å². The van der Waals surface area contributed by atoms with Crippen molar-refractivity contribution in [3.63, 3.8) is 0 Å². The molecule has 0 aliphatic heterocycles. The van der Waals surface area contributed by atoms with Crippen molar-refractivity contribution in [2.75, 3.05) is 18.6 Å². The number of methoxy groups -OCH3 is 1. The molecule has 3 rings (SSSR count). The largest absolute Gasteiger partial charge is 0.465 e. The zero-order chi connectivity index (χ0) is 21.2. The summed E-state index contributed by atoms with van der Waals surface area (Å²) in [7, 11) is 1.42. The number of carbonyl (C=O) groups is 1. The summed E-state index contributed by atoms with van der Waals surface area (Å²) in [6.07, 6.45) is 6.58. The van der Waals surface area contributed by atoms with Gasteiger partial charge in [-0.3, -0.25) is 9.97 Å². The maximum atomic E-state index is 11.9. The van der Waals surface area contributed by atoms with Gasteiger partial charge in [0.2, 0.25) is 0 Å². The summed E-state index contributed by atoms with van der Waals surface area (Å²) in [4.78, 5) is 24.0. The minimum Gasteiger partial charge on any atom is -0.465 e. The molecular weight excluding hydrogens is 432 g/mol. The van der Waals surface area contributed by atoms with Crippen LogP contribution >= 0.6 is 35.3 Å². The fourth-order valence-corrected chi connectivity index (χ4v) is 5.82. The van der Waals surface area contributed by atoms with Crippen LogP contribution in [-0.2, 0) is 10.5 Å². The number of rotatable bonds is 10. The predicted molar refractivity (Wildman–Crippen MR) is 127 cm³/mol. The lowest BCUT2D eigenvalue weighted by molar-refractivity contribution is 0.0597. The third-order valence-electron chi connectivity index (χ3n) is 4.38. The van der Waals surface area contributed by atoms with E-state index in [4.69, 9.17) is 4.74 Å². The van der Waals surface area contributed by atoms with Crippen LogP contribution in [0.5, 0.6) is 0 Å². The highest BCUT2D eigenvalue weighted by molar-refractivity contribution is 8.00. The Morgan fingerprint density at radius 3 is 2.43 bits per heavy atom. The quantitative estimate of drug-likeness (QED) is 0.206. The van der Waals surface area contributed by atoms with Crippen molar-refractivity contribution < 1.29 is 9.53 Å². The van der Waals surface area contributed by atoms with E-state index in [0.717, 1.165) is 34.3 Å². The van der Waals surface area contributed by atoms with E-state index < -0.39 is 0 Å². The topological polar surface area (TPSA) is 52.1 Å². The second kappa shape index (κ2) is 12.0. The molecule has 0 saturated carbocycles. The van der Waals surface area contributed by atoms with Crippen molar-refractivity contribution in [1.29, 1.82) is 0 Å². The monoisotopic (exact) mass is 456 g/mol. The van der Waals surface area contributed by atoms with E-state index in [2.05, 4.69) is 23.0 Å². The number of carbonyl (C=O) groups excluding carboxylic acids is 1. The second-order valence-corrected chi connectivity index (χ2v) is 9.71. The third-order valence-corrected chi connectivity index (χ3v) is 7.81. The van der Waals surface area contributed by atoms with Crippen LogP contribution in [0.3, 0.4) is 0 Å². The van der Waals surface area contributed by atoms with E-state index in [9.17, 15) is 4.79 Å². The zero-order valence-electron chi connectivity index (χ0n) is 17.0. The molecule has 0 radical (unpaired) electrons. The van der Waals surface area contributed by atoms with Crippen LogP contribution in [-0.4, -0.2) is 34.6 Å². The molecule has 0 aliphatic rings. The van der Waals surface area contributed by atoms with Crippen molar-refractivity contribution in [3.05, 3.63) is 77.9 Å². The minimum absolute atomic E-state index is 0.281. The van der Waals surface area contributed by atoms with Crippen LogP contribution in [0, 0.1) is 6.92 Å². The van der Waals surface area contributed by atoms with Crippen LogP contribution in [0.1, 0.15) is 28.0 Å². The summed E-state index contributed by atoms with van der Waals surface area (Å²) >= 11 is 5.35. The molecular formula is C23H24N2O2S3. The van der Waals surface area contributed by atoms with E-state index in [1.807, 2.05) is 66.8 Å². The van der Waals surface area contributed by atoms with Crippen molar-refractivity contribution in [3.8, 4) is 0 Å². The van der Waals surface area contributed by atoms with E-state index in [1.165, 1.54) is 22.5 Å². The lowest BCUT2D eigenvalue weighted by Crippen LogP contribution is -2.03. The number of hydrogen-bond donors (Lipinski definition) is 0. The van der Waals surface area contributed by atoms with E-state index in [0.29, 0.717) is 5.56 Å². The molecule has 1 aromatic carbocycles. The Hall–Kier alpha value is -1.96. The summed E-state index contributed by atoms with van der Waals surface area (Å²) in [5.41, 5.74) is 3.02. The number of nitrogens with zero attached hydrogens (tertiary/aromatic N) is 2. The van der Waals surface area contributed by atoms with Crippen LogP contribution in [0.2, 0.25) is 0 Å². The van der Waals surface area contributed by atoms with Gasteiger partial charge in [-0.05, 0) is 60.7 Å². The number of benzene rings is 1. The van der Waals surface area contributed by atoms with Crippen LogP contribution in [0.15, 0.2) is 75.7 Å². The van der Waals surface area contributed by atoms with Gasteiger partial charge in [-0.25, -0.2) is 4.79 Å². The van der Waals surface area contributed by atoms with Gasteiger partial charge in [0.05, 0.1) is 18.4 Å². The van der Waals surface area contributed by atoms with E-state index >= 15 is 0 Å². The van der Waals surface area contributed by atoms with Crippen molar-refractivity contribution in [2.45, 2.75) is 33.8 Å². The number of thioether (sulfide) groups is 3. The molecule has 30 heavy (non-hydrogen) atoms. The number of aromatic nitrogens is 2. The minimum atomic E-state index is -0.281. The van der Waals surface area contributed by atoms with Crippen molar-refractivity contribution >= 4 is 41.3 Å². The van der Waals surface area contributed by atoms with Gasteiger partial charge in [0.15, 0.2) is 0 Å². The molecule has 3 aromatic rings. The standard InChI is InChI=1S/C23H24N2O2S3/c1-17-20(16-30-18-8-11-24-12-9-18)25-13-10-21(17)28-14-5-15-29-22-7-4-3-6-19(22)23(26)27-2/h3-4,6-13H,5,14-16H2,1-2H3.